The molecule has 1 atom stereocenters. The minimum atomic E-state index is -0.100. The lowest BCUT2D eigenvalue weighted by atomic mass is 9.81. The topological polar surface area (TPSA) is 17.8 Å². The van der Waals surface area contributed by atoms with Gasteiger partial charge in [0.25, 0.3) is 0 Å². The Bertz CT molecular complexity index is 645. The van der Waals surface area contributed by atoms with Crippen LogP contribution in [0.25, 0.3) is 11.0 Å². The first-order valence-electron chi connectivity index (χ1n) is 7.65. The summed E-state index contributed by atoms with van der Waals surface area (Å²) in [5.41, 5.74) is 3.67. The van der Waals surface area contributed by atoms with E-state index in [9.17, 15) is 0 Å². The van der Waals surface area contributed by atoms with Crippen molar-refractivity contribution < 1.29 is 0 Å². The number of aromatic nitrogens is 2. The molecule has 0 saturated heterocycles. The molecule has 0 aliphatic heterocycles. The molecule has 0 amide bonds. The van der Waals surface area contributed by atoms with Crippen LogP contribution < -0.4 is 0 Å². The van der Waals surface area contributed by atoms with Crippen LogP contribution in [0.2, 0.25) is 0 Å². The second kappa shape index (κ2) is 5.31. The maximum absolute atomic E-state index is 6.41. The number of imidazole rings is 1. The Balaban J connectivity index is 2.68. The van der Waals surface area contributed by atoms with Crippen LogP contribution in [0.15, 0.2) is 18.2 Å². The third kappa shape index (κ3) is 3.42. The molecule has 0 N–H and O–H groups in total. The number of benzene rings is 1. The lowest BCUT2D eigenvalue weighted by Crippen LogP contribution is -2.33. The molecule has 0 spiro atoms. The molecule has 1 heterocycles. The fourth-order valence-electron chi connectivity index (χ4n) is 3.49. The molecular formula is C18H27ClN2. The summed E-state index contributed by atoms with van der Waals surface area (Å²) in [5.74, 6) is 0.964. The van der Waals surface area contributed by atoms with Crippen molar-refractivity contribution in [1.82, 2.24) is 9.55 Å². The van der Waals surface area contributed by atoms with Crippen molar-refractivity contribution in [2.45, 2.75) is 65.8 Å². The van der Waals surface area contributed by atoms with Gasteiger partial charge in [0.05, 0.1) is 16.4 Å². The van der Waals surface area contributed by atoms with Crippen LogP contribution in [0.5, 0.6) is 0 Å². The van der Waals surface area contributed by atoms with Gasteiger partial charge in [-0.05, 0) is 57.2 Å². The van der Waals surface area contributed by atoms with Crippen LogP contribution in [-0.4, -0.2) is 9.55 Å². The van der Waals surface area contributed by atoms with Crippen molar-refractivity contribution in [3.8, 4) is 0 Å². The first kappa shape index (κ1) is 16.4. The average Bonchev–Trinajstić information content (AvgIpc) is 2.64. The lowest BCUT2D eigenvalue weighted by molar-refractivity contribution is 0.215. The summed E-state index contributed by atoms with van der Waals surface area (Å²) < 4.78 is 2.34. The van der Waals surface area contributed by atoms with Gasteiger partial charge in [0.15, 0.2) is 0 Å². The second-order valence-electron chi connectivity index (χ2n) is 7.96. The van der Waals surface area contributed by atoms with Crippen LogP contribution in [-0.2, 0) is 5.54 Å². The van der Waals surface area contributed by atoms with E-state index in [0.29, 0.717) is 0 Å². The standard InChI is InChI=1S/C18H27ClN2/c1-12-8-9-15-14(10-12)20-16(13(2)19)21(15)18(6,7)11-17(3,4)5/h8-10,13H,11H2,1-7H3. The highest BCUT2D eigenvalue weighted by molar-refractivity contribution is 6.20. The molecule has 1 aromatic heterocycles. The van der Waals surface area contributed by atoms with Crippen molar-refractivity contribution in [3.05, 3.63) is 29.6 Å². The predicted molar refractivity (Wildman–Crippen MR) is 92.1 cm³/mol. The van der Waals surface area contributed by atoms with Crippen molar-refractivity contribution >= 4 is 22.6 Å². The maximum Gasteiger partial charge on any atom is 0.128 e. The Morgan fingerprint density at radius 2 is 1.81 bits per heavy atom. The Kier molecular flexibility index (Phi) is 4.14. The normalized spacial score (nSPS) is 14.7. The van der Waals surface area contributed by atoms with Gasteiger partial charge in [-0.2, -0.15) is 0 Å². The van der Waals surface area contributed by atoms with Crippen LogP contribution in [0, 0.1) is 12.3 Å². The quantitative estimate of drug-likeness (QED) is 0.654. The molecule has 0 fully saturated rings. The van der Waals surface area contributed by atoms with Gasteiger partial charge in [-0.3, -0.25) is 0 Å². The molecule has 0 aliphatic carbocycles. The number of hydrogen-bond acceptors (Lipinski definition) is 1. The van der Waals surface area contributed by atoms with Gasteiger partial charge in [0.2, 0.25) is 0 Å². The highest BCUT2D eigenvalue weighted by atomic mass is 35.5. The smallest absolute Gasteiger partial charge is 0.128 e. The molecule has 0 bridgehead atoms. The molecule has 0 radical (unpaired) electrons. The predicted octanol–water partition coefficient (Wildman–Crippen LogP) is 5.82. The first-order chi connectivity index (χ1) is 9.51. The molecule has 1 aromatic carbocycles. The third-order valence-corrected chi connectivity index (χ3v) is 3.96. The molecule has 1 unspecified atom stereocenters. The summed E-state index contributed by atoms with van der Waals surface area (Å²) >= 11 is 6.41. The molecule has 0 aliphatic rings. The molecule has 116 valence electrons. The van der Waals surface area contributed by atoms with Gasteiger partial charge >= 0.3 is 0 Å². The van der Waals surface area contributed by atoms with Crippen LogP contribution >= 0.6 is 11.6 Å². The summed E-state index contributed by atoms with van der Waals surface area (Å²) in [6.07, 6.45) is 1.07. The Morgan fingerprint density at radius 3 is 2.33 bits per heavy atom. The van der Waals surface area contributed by atoms with Crippen LogP contribution in [0.1, 0.15) is 64.7 Å². The molecule has 3 heteroatoms. The maximum atomic E-state index is 6.41. The fraction of sp³-hybridized carbons (Fsp3) is 0.611. The van der Waals surface area contributed by atoms with Gasteiger partial charge in [-0.15, -0.1) is 11.6 Å². The van der Waals surface area contributed by atoms with Gasteiger partial charge in [0.1, 0.15) is 5.82 Å². The minimum absolute atomic E-state index is 0.0270. The van der Waals surface area contributed by atoms with Gasteiger partial charge in [-0.1, -0.05) is 26.8 Å². The molecular weight excluding hydrogens is 280 g/mol. The molecule has 2 rings (SSSR count). The summed E-state index contributed by atoms with van der Waals surface area (Å²) in [5, 5.41) is -0.100. The highest BCUT2D eigenvalue weighted by Gasteiger charge is 2.31. The monoisotopic (exact) mass is 306 g/mol. The molecule has 21 heavy (non-hydrogen) atoms. The Labute approximate surface area is 133 Å². The van der Waals surface area contributed by atoms with Crippen molar-refractivity contribution in [1.29, 1.82) is 0 Å². The average molecular weight is 307 g/mol. The SMILES string of the molecule is Cc1ccc2c(c1)nc(C(C)Cl)n2C(C)(C)CC(C)(C)C. The van der Waals surface area contributed by atoms with E-state index in [-0.39, 0.29) is 16.3 Å². The van der Waals surface area contributed by atoms with Crippen LogP contribution in [0.3, 0.4) is 0 Å². The van der Waals surface area contributed by atoms with Gasteiger partial charge in [0, 0.05) is 5.54 Å². The molecule has 0 saturated carbocycles. The number of alkyl halides is 1. The zero-order valence-electron chi connectivity index (χ0n) is 14.3. The van der Waals surface area contributed by atoms with Crippen LogP contribution in [0.4, 0.5) is 0 Å². The number of aryl methyl sites for hydroxylation is 1. The lowest BCUT2D eigenvalue weighted by Gasteiger charge is -2.36. The van der Waals surface area contributed by atoms with E-state index in [1.807, 2.05) is 6.92 Å². The number of nitrogens with zero attached hydrogens (tertiary/aromatic N) is 2. The number of fused-ring (bicyclic) bond motifs is 1. The van der Waals surface area contributed by atoms with Gasteiger partial charge < -0.3 is 4.57 Å². The number of halogens is 1. The summed E-state index contributed by atoms with van der Waals surface area (Å²) in [4.78, 5) is 4.80. The molecule has 2 nitrogen and oxygen atoms in total. The van der Waals surface area contributed by atoms with Gasteiger partial charge in [-0.25, -0.2) is 4.98 Å². The minimum Gasteiger partial charge on any atom is -0.321 e. The Hall–Kier alpha value is -1.02. The third-order valence-electron chi connectivity index (χ3n) is 3.76. The molecule has 2 aromatic rings. The summed E-state index contributed by atoms with van der Waals surface area (Å²) in [7, 11) is 0. The van der Waals surface area contributed by atoms with E-state index in [1.165, 1.54) is 11.1 Å². The van der Waals surface area contributed by atoms with E-state index in [4.69, 9.17) is 16.6 Å². The summed E-state index contributed by atoms with van der Waals surface area (Å²) in [6.45, 7) is 15.5. The van der Waals surface area contributed by atoms with E-state index < -0.39 is 0 Å². The Morgan fingerprint density at radius 1 is 1.19 bits per heavy atom. The van der Waals surface area contributed by atoms with Crippen molar-refractivity contribution in [3.63, 3.8) is 0 Å². The van der Waals surface area contributed by atoms with E-state index in [1.54, 1.807) is 0 Å². The van der Waals surface area contributed by atoms with E-state index in [0.717, 1.165) is 17.8 Å². The van der Waals surface area contributed by atoms with E-state index >= 15 is 0 Å². The highest BCUT2D eigenvalue weighted by Crippen LogP contribution is 2.37. The second-order valence-corrected chi connectivity index (χ2v) is 8.62. The zero-order chi connectivity index (χ0) is 16.0. The van der Waals surface area contributed by atoms with E-state index in [2.05, 4.69) is 64.3 Å². The fourth-order valence-corrected chi connectivity index (χ4v) is 3.64. The number of rotatable bonds is 3. The van der Waals surface area contributed by atoms with Crippen molar-refractivity contribution in [2.24, 2.45) is 5.41 Å². The zero-order valence-corrected chi connectivity index (χ0v) is 15.0. The van der Waals surface area contributed by atoms with Crippen molar-refractivity contribution in [2.75, 3.05) is 0 Å². The largest absolute Gasteiger partial charge is 0.321 e. The summed E-state index contributed by atoms with van der Waals surface area (Å²) in [6, 6.07) is 6.46. The number of hydrogen-bond donors (Lipinski definition) is 0. The first-order valence-corrected chi connectivity index (χ1v) is 8.08.